The van der Waals surface area contributed by atoms with Crippen LogP contribution >= 0.6 is 0 Å². The van der Waals surface area contributed by atoms with Crippen LogP contribution in [0.5, 0.6) is 5.88 Å². The number of rotatable bonds is 6. The standard InChI is InChI=1S/C28H28FN3O4/c29-24-14-25-26(15-27(30-25)36-23-13-22(16-33)35-17-23)31-28(24)20-3-1-18(2-4-20)19-5-7-21(8-6-19)32-9-11-34-12-10-32/h1-8,14-15,22-23,30,33H,9-13,16-17H2/t22-,23-/m0/s1. The normalized spacial score (nSPS) is 20.2. The van der Waals surface area contributed by atoms with E-state index < -0.39 is 5.82 Å². The first-order chi connectivity index (χ1) is 17.7. The number of aliphatic hydroxyl groups is 1. The van der Waals surface area contributed by atoms with Gasteiger partial charge in [0.05, 0.1) is 43.6 Å². The summed E-state index contributed by atoms with van der Waals surface area (Å²) in [5.74, 6) is 0.111. The molecule has 0 saturated carbocycles. The fraction of sp³-hybridized carbons (Fsp3) is 0.321. The fourth-order valence-corrected chi connectivity index (χ4v) is 4.84. The Morgan fingerprint density at radius 3 is 2.39 bits per heavy atom. The minimum absolute atomic E-state index is 0.0266. The molecule has 8 heteroatoms. The highest BCUT2D eigenvalue weighted by atomic mass is 19.1. The molecule has 0 bridgehead atoms. The largest absolute Gasteiger partial charge is 0.473 e. The second kappa shape index (κ2) is 9.89. The van der Waals surface area contributed by atoms with Crippen molar-refractivity contribution < 1.29 is 23.7 Å². The minimum atomic E-state index is -0.400. The van der Waals surface area contributed by atoms with Gasteiger partial charge in [-0.3, -0.25) is 0 Å². The molecule has 186 valence electrons. The van der Waals surface area contributed by atoms with Crippen LogP contribution in [-0.4, -0.2) is 66.8 Å². The molecule has 6 rings (SSSR count). The second-order valence-electron chi connectivity index (χ2n) is 9.22. The smallest absolute Gasteiger partial charge is 0.193 e. The van der Waals surface area contributed by atoms with E-state index in [2.05, 4.69) is 39.1 Å². The van der Waals surface area contributed by atoms with Gasteiger partial charge in [0.15, 0.2) is 11.7 Å². The predicted molar refractivity (Wildman–Crippen MR) is 136 cm³/mol. The highest BCUT2D eigenvalue weighted by Crippen LogP contribution is 2.30. The van der Waals surface area contributed by atoms with Gasteiger partial charge in [0, 0.05) is 42.9 Å². The lowest BCUT2D eigenvalue weighted by Crippen LogP contribution is -2.36. The Morgan fingerprint density at radius 1 is 1.00 bits per heavy atom. The summed E-state index contributed by atoms with van der Waals surface area (Å²) >= 11 is 0. The molecular formula is C28H28FN3O4. The number of nitrogens with one attached hydrogen (secondary N) is 1. The first-order valence-electron chi connectivity index (χ1n) is 12.3. The third-order valence-corrected chi connectivity index (χ3v) is 6.81. The SMILES string of the molecule is OC[C@@H]1C[C@H](Oc2cc3nc(-c4ccc(-c5ccc(N6CCOCC6)cc5)cc4)c(F)cc3[nH]2)CO1. The number of aliphatic hydroxyl groups excluding tert-OH is 1. The molecule has 2 aromatic carbocycles. The molecule has 7 nitrogen and oxygen atoms in total. The number of aromatic nitrogens is 2. The van der Waals surface area contributed by atoms with Gasteiger partial charge in [-0.1, -0.05) is 36.4 Å². The Labute approximate surface area is 208 Å². The Morgan fingerprint density at radius 2 is 1.69 bits per heavy atom. The van der Waals surface area contributed by atoms with E-state index in [1.165, 1.54) is 11.8 Å². The van der Waals surface area contributed by atoms with Crippen LogP contribution in [0, 0.1) is 5.82 Å². The second-order valence-corrected chi connectivity index (χ2v) is 9.22. The lowest BCUT2D eigenvalue weighted by molar-refractivity contribution is 0.0531. The molecule has 2 N–H and O–H groups in total. The van der Waals surface area contributed by atoms with E-state index in [4.69, 9.17) is 14.2 Å². The number of ether oxygens (including phenoxy) is 3. The van der Waals surface area contributed by atoms with Gasteiger partial charge in [-0.25, -0.2) is 9.37 Å². The van der Waals surface area contributed by atoms with Gasteiger partial charge in [-0.15, -0.1) is 0 Å². The van der Waals surface area contributed by atoms with Crippen LogP contribution in [0.3, 0.4) is 0 Å². The van der Waals surface area contributed by atoms with E-state index >= 15 is 0 Å². The lowest BCUT2D eigenvalue weighted by atomic mass is 10.0. The van der Waals surface area contributed by atoms with Crippen molar-refractivity contribution >= 4 is 16.7 Å². The van der Waals surface area contributed by atoms with Crippen molar-refractivity contribution in [2.24, 2.45) is 0 Å². The third-order valence-electron chi connectivity index (χ3n) is 6.81. The van der Waals surface area contributed by atoms with E-state index in [-0.39, 0.29) is 18.8 Å². The summed E-state index contributed by atoms with van der Waals surface area (Å²) < 4.78 is 31.8. The molecule has 2 aliphatic rings. The van der Waals surface area contributed by atoms with Crippen LogP contribution in [0.4, 0.5) is 10.1 Å². The van der Waals surface area contributed by atoms with Crippen LogP contribution in [0.15, 0.2) is 60.7 Å². The molecule has 2 aliphatic heterocycles. The summed E-state index contributed by atoms with van der Waals surface area (Å²) in [4.78, 5) is 9.97. The molecule has 2 saturated heterocycles. The van der Waals surface area contributed by atoms with Gasteiger partial charge in [-0.05, 0) is 23.3 Å². The van der Waals surface area contributed by atoms with Crippen LogP contribution in [0.1, 0.15) is 6.42 Å². The molecule has 0 aliphatic carbocycles. The van der Waals surface area contributed by atoms with Crippen molar-refractivity contribution in [1.29, 1.82) is 0 Å². The summed E-state index contributed by atoms with van der Waals surface area (Å²) in [7, 11) is 0. The molecule has 0 unspecified atom stereocenters. The van der Waals surface area contributed by atoms with Crippen LogP contribution in [-0.2, 0) is 9.47 Å². The number of hydrogen-bond acceptors (Lipinski definition) is 6. The van der Waals surface area contributed by atoms with E-state index in [1.807, 2.05) is 24.3 Å². The maximum Gasteiger partial charge on any atom is 0.193 e. The van der Waals surface area contributed by atoms with E-state index in [9.17, 15) is 9.50 Å². The zero-order chi connectivity index (χ0) is 24.5. The number of pyridine rings is 1. The maximum atomic E-state index is 15.0. The average molecular weight is 490 g/mol. The number of nitrogens with zero attached hydrogens (tertiary/aromatic N) is 2. The van der Waals surface area contributed by atoms with Crippen molar-refractivity contribution in [2.45, 2.75) is 18.6 Å². The molecule has 0 amide bonds. The Hall–Kier alpha value is -3.46. The van der Waals surface area contributed by atoms with Gasteiger partial charge >= 0.3 is 0 Å². The molecule has 4 heterocycles. The number of hydrogen-bond donors (Lipinski definition) is 2. The van der Waals surface area contributed by atoms with Crippen molar-refractivity contribution in [3.05, 3.63) is 66.5 Å². The molecule has 2 aromatic heterocycles. The summed E-state index contributed by atoms with van der Waals surface area (Å²) in [6, 6.07) is 19.5. The summed E-state index contributed by atoms with van der Waals surface area (Å²) in [6.45, 7) is 3.72. The van der Waals surface area contributed by atoms with Crippen LogP contribution < -0.4 is 9.64 Å². The van der Waals surface area contributed by atoms with Gasteiger partial charge in [-0.2, -0.15) is 0 Å². The van der Waals surface area contributed by atoms with Gasteiger partial charge in [0.25, 0.3) is 0 Å². The average Bonchev–Trinajstić information content (AvgIpc) is 3.55. The molecule has 36 heavy (non-hydrogen) atoms. The van der Waals surface area contributed by atoms with Crippen molar-refractivity contribution in [3.8, 4) is 28.3 Å². The van der Waals surface area contributed by atoms with E-state index in [0.717, 1.165) is 37.4 Å². The Balaban J connectivity index is 1.19. The zero-order valence-corrected chi connectivity index (χ0v) is 19.8. The van der Waals surface area contributed by atoms with Crippen molar-refractivity contribution in [1.82, 2.24) is 9.97 Å². The van der Waals surface area contributed by atoms with Crippen molar-refractivity contribution in [3.63, 3.8) is 0 Å². The minimum Gasteiger partial charge on any atom is -0.473 e. The zero-order valence-electron chi connectivity index (χ0n) is 19.8. The summed E-state index contributed by atoms with van der Waals surface area (Å²) in [5.41, 5.74) is 5.57. The third kappa shape index (κ3) is 4.67. The number of halogens is 1. The molecular weight excluding hydrogens is 461 g/mol. The van der Waals surface area contributed by atoms with Crippen LogP contribution in [0.25, 0.3) is 33.4 Å². The highest BCUT2D eigenvalue weighted by molar-refractivity contribution is 5.81. The van der Waals surface area contributed by atoms with E-state index in [1.54, 1.807) is 6.07 Å². The van der Waals surface area contributed by atoms with Gasteiger partial charge < -0.3 is 29.2 Å². The summed E-state index contributed by atoms with van der Waals surface area (Å²) in [5, 5.41) is 9.23. The first kappa shape index (κ1) is 23.0. The highest BCUT2D eigenvalue weighted by Gasteiger charge is 2.27. The van der Waals surface area contributed by atoms with E-state index in [0.29, 0.717) is 41.2 Å². The number of anilines is 1. The topological polar surface area (TPSA) is 79.8 Å². The number of morpholine rings is 1. The van der Waals surface area contributed by atoms with Gasteiger partial charge in [0.1, 0.15) is 11.8 Å². The molecule has 0 radical (unpaired) electrons. The number of fused-ring (bicyclic) bond motifs is 1. The molecule has 0 spiro atoms. The summed E-state index contributed by atoms with van der Waals surface area (Å²) in [6.07, 6.45) is 0.253. The Bertz CT molecular complexity index is 1330. The van der Waals surface area contributed by atoms with Gasteiger partial charge in [0.2, 0.25) is 0 Å². The number of aromatic amines is 1. The maximum absolute atomic E-state index is 15.0. The molecule has 2 fully saturated rings. The molecule has 4 aromatic rings. The predicted octanol–water partition coefficient (Wildman–Crippen LogP) is 4.40. The van der Waals surface area contributed by atoms with Crippen molar-refractivity contribution in [2.75, 3.05) is 44.4 Å². The molecule has 2 atom stereocenters. The monoisotopic (exact) mass is 489 g/mol. The number of H-pyrrole nitrogens is 1. The first-order valence-corrected chi connectivity index (χ1v) is 12.3. The van der Waals surface area contributed by atoms with Crippen LogP contribution in [0.2, 0.25) is 0 Å². The fourth-order valence-electron chi connectivity index (χ4n) is 4.84. The lowest BCUT2D eigenvalue weighted by Gasteiger charge is -2.28. The quantitative estimate of drug-likeness (QED) is 0.418. The Kier molecular flexibility index (Phi) is 6.31. The number of benzene rings is 2.